The summed E-state index contributed by atoms with van der Waals surface area (Å²) in [6.45, 7) is 0. The van der Waals surface area contributed by atoms with Crippen molar-refractivity contribution >= 4 is 6.29 Å². The van der Waals surface area contributed by atoms with Crippen LogP contribution in [0.3, 0.4) is 0 Å². The van der Waals surface area contributed by atoms with Crippen molar-refractivity contribution in [2.24, 2.45) is 0 Å². The molecule has 0 fully saturated rings. The molecule has 10 heavy (non-hydrogen) atoms. The normalized spacial score (nSPS) is 8.10. The first-order chi connectivity index (χ1) is 4.34. The maximum Gasteiger partial charge on any atom is 0.0654 e. The van der Waals surface area contributed by atoms with E-state index in [2.05, 4.69) is 0 Å². The number of rotatable bonds is 1. The zero-order chi connectivity index (χ0) is 6.69. The second kappa shape index (κ2) is 4.70. The van der Waals surface area contributed by atoms with Crippen molar-refractivity contribution in [2.45, 2.75) is 0 Å². The van der Waals surface area contributed by atoms with Gasteiger partial charge in [-0.25, -0.2) is 0 Å². The summed E-state index contributed by atoms with van der Waals surface area (Å²) >= 11 is 0. The van der Waals surface area contributed by atoms with Crippen LogP contribution in [0.2, 0.25) is 0 Å². The molecule has 0 aliphatic rings. The molecule has 0 aliphatic carbocycles. The number of hydrogen-bond acceptors (Lipinski definition) is 1. The van der Waals surface area contributed by atoms with Gasteiger partial charge in [0.15, 0.2) is 0 Å². The Kier molecular flexibility index (Phi) is 4.66. The Balaban J connectivity index is 0.000000810. The Hall–Kier alpha value is -0.0761. The molecule has 49 valence electrons. The van der Waals surface area contributed by atoms with Gasteiger partial charge in [0.25, 0.3) is 0 Å². The van der Waals surface area contributed by atoms with E-state index in [0.29, 0.717) is 0 Å². The quantitative estimate of drug-likeness (QED) is 0.641. The van der Waals surface area contributed by atoms with Crippen LogP contribution < -0.4 is 0 Å². The minimum atomic E-state index is -0.521. The molecule has 1 radical (unpaired) electrons. The van der Waals surface area contributed by atoms with Crippen molar-refractivity contribution in [3.63, 3.8) is 0 Å². The van der Waals surface area contributed by atoms with Crippen molar-refractivity contribution < 1.29 is 41.9 Å². The Morgan fingerprint density at radius 1 is 1.30 bits per heavy atom. The van der Waals surface area contributed by atoms with Gasteiger partial charge in [-0.15, -0.1) is 11.6 Å². The molecule has 1 rings (SSSR count). The fraction of sp³-hybridized carbons (Fsp3) is 0. The molecule has 0 atom stereocenters. The van der Waals surface area contributed by atoms with E-state index in [1.807, 2.05) is 0 Å². The van der Waals surface area contributed by atoms with E-state index in [9.17, 15) is 9.18 Å². The predicted octanol–water partition coefficient (Wildman–Crippen LogP) is 1.28. The molecule has 0 saturated heterocycles. The van der Waals surface area contributed by atoms with Crippen LogP contribution in [0.1, 0.15) is 5.56 Å². The van der Waals surface area contributed by atoms with Crippen LogP contribution in [-0.2, 0) is 37.5 Å². The first kappa shape index (κ1) is 9.92. The zero-order valence-electron chi connectivity index (χ0n) is 5.17. The number of benzene rings is 1. The maximum atomic E-state index is 12.3. The number of carbonyl (C=O) groups excluding carboxylic acids is 1. The molecule has 0 aromatic heterocycles. The molecule has 1 aromatic carbocycles. The molecule has 0 unspecified atom stereocenters. The van der Waals surface area contributed by atoms with Gasteiger partial charge in [-0.1, -0.05) is 12.1 Å². The van der Waals surface area contributed by atoms with E-state index < -0.39 is 5.82 Å². The second-order valence-corrected chi connectivity index (χ2v) is 1.58. The summed E-state index contributed by atoms with van der Waals surface area (Å²) in [5.41, 5.74) is -0.0162. The van der Waals surface area contributed by atoms with Crippen molar-refractivity contribution in [3.8, 4) is 0 Å². The fourth-order valence-corrected chi connectivity index (χ4v) is 0.544. The molecular formula is C7H4FOY-. The molecule has 0 bridgehead atoms. The third-order valence-corrected chi connectivity index (χ3v) is 0.984. The smallest absolute Gasteiger partial charge is 0.0654 e. The standard InChI is InChI=1S/C7H4FO.Y/c8-7-4-2-1-3-6(7)5-9;/h1-4H;/q-1;. The van der Waals surface area contributed by atoms with Crippen molar-refractivity contribution in [3.05, 3.63) is 35.6 Å². The molecule has 1 nitrogen and oxygen atoms in total. The topological polar surface area (TPSA) is 17.1 Å². The molecule has 0 aliphatic heterocycles. The molecule has 0 heterocycles. The molecule has 0 amide bonds. The van der Waals surface area contributed by atoms with Gasteiger partial charge in [0.05, 0.1) is 6.29 Å². The summed E-state index contributed by atoms with van der Waals surface area (Å²) in [6, 6.07) is 5.71. The Bertz CT molecular complexity index is 225. The van der Waals surface area contributed by atoms with E-state index in [4.69, 9.17) is 0 Å². The molecule has 1 aromatic rings. The van der Waals surface area contributed by atoms with E-state index in [1.54, 1.807) is 6.07 Å². The minimum absolute atomic E-state index is 0. The summed E-state index contributed by atoms with van der Waals surface area (Å²) in [6.07, 6.45) is 1.47. The van der Waals surface area contributed by atoms with Crippen LogP contribution in [0, 0.1) is 5.82 Å². The van der Waals surface area contributed by atoms with Crippen LogP contribution in [0.5, 0.6) is 0 Å². The zero-order valence-corrected chi connectivity index (χ0v) is 8.01. The SMILES string of the molecule is O=[C-]c1ccccc1F.[Y]. The molecular weight excluding hydrogens is 208 g/mol. The summed E-state index contributed by atoms with van der Waals surface area (Å²) < 4.78 is 12.3. The Morgan fingerprint density at radius 2 is 1.90 bits per heavy atom. The van der Waals surface area contributed by atoms with Crippen molar-refractivity contribution in [1.29, 1.82) is 0 Å². The van der Waals surface area contributed by atoms with Gasteiger partial charge in [-0.3, -0.25) is 4.39 Å². The van der Waals surface area contributed by atoms with Gasteiger partial charge in [0.2, 0.25) is 0 Å². The van der Waals surface area contributed by atoms with E-state index in [1.165, 1.54) is 24.5 Å². The van der Waals surface area contributed by atoms with E-state index >= 15 is 0 Å². The molecule has 3 heteroatoms. The summed E-state index contributed by atoms with van der Waals surface area (Å²) in [5.74, 6) is -0.521. The van der Waals surface area contributed by atoms with Gasteiger partial charge in [-0.2, -0.15) is 6.07 Å². The maximum absolute atomic E-state index is 12.3. The minimum Gasteiger partial charge on any atom is -0.376 e. The third-order valence-electron chi connectivity index (χ3n) is 0.984. The van der Waals surface area contributed by atoms with Gasteiger partial charge in [-0.05, 0) is 0 Å². The van der Waals surface area contributed by atoms with Crippen LogP contribution in [0.25, 0.3) is 0 Å². The fourth-order valence-electron chi connectivity index (χ4n) is 0.544. The number of hydrogen-bond donors (Lipinski definition) is 0. The van der Waals surface area contributed by atoms with Crippen molar-refractivity contribution in [2.75, 3.05) is 0 Å². The first-order valence-electron chi connectivity index (χ1n) is 2.47. The summed E-state index contributed by atoms with van der Waals surface area (Å²) in [7, 11) is 0. The monoisotopic (exact) mass is 212 g/mol. The molecule has 0 spiro atoms. The summed E-state index contributed by atoms with van der Waals surface area (Å²) in [5, 5.41) is 0. The molecule has 0 N–H and O–H groups in total. The van der Waals surface area contributed by atoms with Gasteiger partial charge in [0, 0.05) is 38.5 Å². The van der Waals surface area contributed by atoms with Gasteiger partial charge < -0.3 is 4.79 Å². The van der Waals surface area contributed by atoms with Crippen molar-refractivity contribution in [1.82, 2.24) is 0 Å². The van der Waals surface area contributed by atoms with E-state index in [-0.39, 0.29) is 38.3 Å². The number of halogens is 1. The summed E-state index contributed by atoms with van der Waals surface area (Å²) in [4.78, 5) is 9.86. The van der Waals surface area contributed by atoms with Crippen LogP contribution in [0.4, 0.5) is 4.39 Å². The van der Waals surface area contributed by atoms with Crippen LogP contribution >= 0.6 is 0 Å². The average molecular weight is 212 g/mol. The first-order valence-corrected chi connectivity index (χ1v) is 2.47. The van der Waals surface area contributed by atoms with Crippen LogP contribution in [0.15, 0.2) is 24.3 Å². The predicted molar refractivity (Wildman–Crippen MR) is 31.2 cm³/mol. The largest absolute Gasteiger partial charge is 0.376 e. The van der Waals surface area contributed by atoms with E-state index in [0.717, 1.165) is 0 Å². The second-order valence-electron chi connectivity index (χ2n) is 1.58. The Morgan fingerprint density at radius 3 is 2.30 bits per heavy atom. The Labute approximate surface area is 83.5 Å². The average Bonchev–Trinajstić information content (AvgIpc) is 1.89. The van der Waals surface area contributed by atoms with Gasteiger partial charge in [0.1, 0.15) is 0 Å². The third kappa shape index (κ3) is 2.27. The molecule has 0 saturated carbocycles. The van der Waals surface area contributed by atoms with Crippen LogP contribution in [-0.4, -0.2) is 6.29 Å². The van der Waals surface area contributed by atoms with Gasteiger partial charge >= 0.3 is 0 Å².